The Labute approximate surface area is 206 Å². The van der Waals surface area contributed by atoms with Crippen molar-refractivity contribution in [1.82, 2.24) is 19.9 Å². The molecule has 2 aliphatic rings. The first-order valence-electron chi connectivity index (χ1n) is 12.3. The summed E-state index contributed by atoms with van der Waals surface area (Å²) in [7, 11) is 0. The van der Waals surface area contributed by atoms with Gasteiger partial charge >= 0.3 is 0 Å². The fourth-order valence-corrected chi connectivity index (χ4v) is 5.50. The molecule has 2 aliphatic carbocycles. The summed E-state index contributed by atoms with van der Waals surface area (Å²) in [6.07, 6.45) is 18.2. The second kappa shape index (κ2) is 10.4. The lowest BCUT2D eigenvalue weighted by Gasteiger charge is -2.42. The number of aryl methyl sites for hydroxylation is 1. The summed E-state index contributed by atoms with van der Waals surface area (Å²) in [6, 6.07) is 10.1. The number of nitrogens with two attached hydrogens (primary N) is 2. The predicted molar refractivity (Wildman–Crippen MR) is 136 cm³/mol. The molecule has 1 aromatic carbocycles. The molecule has 7 nitrogen and oxygen atoms in total. The summed E-state index contributed by atoms with van der Waals surface area (Å²) >= 11 is 0. The third-order valence-electron chi connectivity index (χ3n) is 7.17. The first-order valence-corrected chi connectivity index (χ1v) is 12.3. The average Bonchev–Trinajstić information content (AvgIpc) is 3.43. The number of fused-ring (bicyclic) bond motifs is 1. The van der Waals surface area contributed by atoms with E-state index in [1.807, 2.05) is 36.7 Å². The van der Waals surface area contributed by atoms with Crippen LogP contribution >= 0.6 is 0 Å². The van der Waals surface area contributed by atoms with E-state index in [0.717, 1.165) is 48.3 Å². The number of hydrogen-bond donors (Lipinski definition) is 3. The molecular weight excluding hydrogens is 436 g/mol. The van der Waals surface area contributed by atoms with Crippen LogP contribution in [-0.2, 0) is 19.5 Å². The van der Waals surface area contributed by atoms with Crippen molar-refractivity contribution in [2.75, 3.05) is 0 Å². The zero-order chi connectivity index (χ0) is 24.2. The smallest absolute Gasteiger partial charge is 0.249 e. The van der Waals surface area contributed by atoms with Gasteiger partial charge in [0.15, 0.2) is 0 Å². The molecule has 180 valence electrons. The van der Waals surface area contributed by atoms with Crippen molar-refractivity contribution in [1.29, 1.82) is 0 Å². The van der Waals surface area contributed by atoms with Crippen LogP contribution in [0.3, 0.4) is 0 Å². The third kappa shape index (κ3) is 4.83. The lowest BCUT2D eigenvalue weighted by atomic mass is 9.85. The fraction of sp³-hybridized carbons (Fsp3) is 0.321. The van der Waals surface area contributed by atoms with Crippen LogP contribution in [0.15, 0.2) is 73.2 Å². The highest BCUT2D eigenvalue weighted by atomic mass is 16.1. The van der Waals surface area contributed by atoms with E-state index in [1.54, 1.807) is 6.20 Å². The summed E-state index contributed by atoms with van der Waals surface area (Å²) in [4.78, 5) is 27.9. The summed E-state index contributed by atoms with van der Waals surface area (Å²) in [6.45, 7) is 0.904. The Hall–Kier alpha value is -3.55. The standard InChI is InChI=1S/C28H32N6O/c29-17-19-11-12-22(23(16-19)27(30)35)18-34(24-10-4-8-20-9-5-13-31-25(20)24)26(28-32-14-15-33-28)21-6-2-1-3-7-21/h1-3,5-6,9,11-16,21,24,26H,4,7-8,10,17-18,29H2,(H2,30,35)(H,32,33). The Balaban J connectivity index is 1.63. The molecule has 7 heteroatoms. The molecule has 0 fully saturated rings. The van der Waals surface area contributed by atoms with E-state index in [-0.39, 0.29) is 18.0 Å². The number of amides is 1. The van der Waals surface area contributed by atoms with Crippen LogP contribution in [0.4, 0.5) is 0 Å². The van der Waals surface area contributed by atoms with E-state index < -0.39 is 5.91 Å². The molecule has 0 bridgehead atoms. The Morgan fingerprint density at radius 3 is 2.86 bits per heavy atom. The van der Waals surface area contributed by atoms with E-state index in [4.69, 9.17) is 21.4 Å². The Morgan fingerprint density at radius 2 is 2.11 bits per heavy atom. The van der Waals surface area contributed by atoms with Crippen molar-refractivity contribution in [2.45, 2.75) is 50.9 Å². The number of hydrogen-bond acceptors (Lipinski definition) is 5. The van der Waals surface area contributed by atoms with Gasteiger partial charge in [0, 0.05) is 43.2 Å². The average molecular weight is 469 g/mol. The number of H-pyrrole nitrogens is 1. The van der Waals surface area contributed by atoms with Crippen LogP contribution in [-0.4, -0.2) is 25.8 Å². The van der Waals surface area contributed by atoms with E-state index >= 15 is 0 Å². The van der Waals surface area contributed by atoms with Crippen LogP contribution in [0.2, 0.25) is 0 Å². The SMILES string of the molecule is NCc1ccc(CN(C2CCCc3cccnc32)C(c2ncc[nH]2)C2C=CC=CC2)c(C(N)=O)c1. The van der Waals surface area contributed by atoms with Crippen LogP contribution < -0.4 is 11.5 Å². The molecule has 1 amide bonds. The van der Waals surface area contributed by atoms with Crippen LogP contribution in [0.1, 0.15) is 69.9 Å². The number of primary amides is 1. The summed E-state index contributed by atoms with van der Waals surface area (Å²) < 4.78 is 0. The molecular formula is C28H32N6O. The van der Waals surface area contributed by atoms with Crippen LogP contribution in [0.5, 0.6) is 0 Å². The van der Waals surface area contributed by atoms with Crippen LogP contribution in [0, 0.1) is 5.92 Å². The number of aromatic nitrogens is 3. The summed E-state index contributed by atoms with van der Waals surface area (Å²) in [5.74, 6) is 0.699. The van der Waals surface area contributed by atoms with E-state index in [2.05, 4.69) is 40.3 Å². The van der Waals surface area contributed by atoms with Crippen molar-refractivity contribution in [3.63, 3.8) is 0 Å². The maximum absolute atomic E-state index is 12.5. The second-order valence-corrected chi connectivity index (χ2v) is 9.32. The number of carbonyl (C=O) groups is 1. The van der Waals surface area contributed by atoms with Gasteiger partial charge in [0.2, 0.25) is 5.91 Å². The minimum Gasteiger partial charge on any atom is -0.366 e. The first-order chi connectivity index (χ1) is 17.2. The highest BCUT2D eigenvalue weighted by Crippen LogP contribution is 2.43. The van der Waals surface area contributed by atoms with E-state index in [9.17, 15) is 4.79 Å². The van der Waals surface area contributed by atoms with Gasteiger partial charge in [-0.25, -0.2) is 4.98 Å². The normalized spacial score (nSPS) is 20.1. The Kier molecular flexibility index (Phi) is 6.88. The molecule has 5 rings (SSSR count). The zero-order valence-corrected chi connectivity index (χ0v) is 19.8. The topological polar surface area (TPSA) is 114 Å². The molecule has 0 spiro atoms. The summed E-state index contributed by atoms with van der Waals surface area (Å²) in [5.41, 5.74) is 16.4. The molecule has 0 radical (unpaired) electrons. The van der Waals surface area contributed by atoms with Crippen molar-refractivity contribution >= 4 is 5.91 Å². The van der Waals surface area contributed by atoms with Gasteiger partial charge in [0.05, 0.1) is 17.8 Å². The number of carbonyl (C=O) groups excluding carboxylic acids is 1. The van der Waals surface area contributed by atoms with E-state index in [1.165, 1.54) is 5.56 Å². The van der Waals surface area contributed by atoms with Gasteiger partial charge in [-0.1, -0.05) is 42.5 Å². The Morgan fingerprint density at radius 1 is 1.20 bits per heavy atom. The predicted octanol–water partition coefficient (Wildman–Crippen LogP) is 4.12. The molecule has 3 unspecified atom stereocenters. The van der Waals surface area contributed by atoms with Gasteiger partial charge in [0.25, 0.3) is 0 Å². The van der Waals surface area contributed by atoms with Gasteiger partial charge in [-0.2, -0.15) is 0 Å². The third-order valence-corrected chi connectivity index (χ3v) is 7.17. The first kappa shape index (κ1) is 23.2. The van der Waals surface area contributed by atoms with Gasteiger partial charge in [-0.3, -0.25) is 14.7 Å². The van der Waals surface area contributed by atoms with Crippen molar-refractivity contribution in [3.05, 3.63) is 107 Å². The molecule has 35 heavy (non-hydrogen) atoms. The molecule has 0 saturated heterocycles. The number of benzene rings is 1. The minimum absolute atomic E-state index is 0.0286. The second-order valence-electron chi connectivity index (χ2n) is 9.32. The number of nitrogens with zero attached hydrogens (tertiary/aromatic N) is 3. The largest absolute Gasteiger partial charge is 0.366 e. The number of aromatic amines is 1. The number of rotatable bonds is 8. The fourth-order valence-electron chi connectivity index (χ4n) is 5.50. The van der Waals surface area contributed by atoms with Gasteiger partial charge in [-0.15, -0.1) is 0 Å². The highest BCUT2D eigenvalue weighted by molar-refractivity contribution is 5.94. The van der Waals surface area contributed by atoms with Crippen molar-refractivity contribution in [2.24, 2.45) is 17.4 Å². The molecule has 2 aromatic heterocycles. The molecule has 2 heterocycles. The molecule has 3 atom stereocenters. The molecule has 3 aromatic rings. The van der Waals surface area contributed by atoms with Crippen molar-refractivity contribution in [3.8, 4) is 0 Å². The monoisotopic (exact) mass is 468 g/mol. The quantitative estimate of drug-likeness (QED) is 0.460. The van der Waals surface area contributed by atoms with Crippen molar-refractivity contribution < 1.29 is 4.79 Å². The maximum atomic E-state index is 12.5. The van der Waals surface area contributed by atoms with Gasteiger partial charge in [0.1, 0.15) is 5.82 Å². The van der Waals surface area contributed by atoms with E-state index in [0.29, 0.717) is 18.7 Å². The number of imidazole rings is 1. The number of allylic oxidation sites excluding steroid dienone is 3. The minimum atomic E-state index is -0.438. The number of pyridine rings is 1. The maximum Gasteiger partial charge on any atom is 0.249 e. The molecule has 5 N–H and O–H groups in total. The molecule has 0 saturated carbocycles. The highest BCUT2D eigenvalue weighted by Gasteiger charge is 2.37. The lowest BCUT2D eigenvalue weighted by molar-refractivity contribution is 0.0753. The molecule has 0 aliphatic heterocycles. The van der Waals surface area contributed by atoms with Gasteiger partial charge < -0.3 is 16.5 Å². The lowest BCUT2D eigenvalue weighted by Crippen LogP contribution is -2.39. The van der Waals surface area contributed by atoms with Gasteiger partial charge in [-0.05, 0) is 54.5 Å². The zero-order valence-electron chi connectivity index (χ0n) is 19.8. The summed E-state index contributed by atoms with van der Waals surface area (Å²) in [5, 5.41) is 0. The number of nitrogens with one attached hydrogen (secondary N) is 1. The Bertz CT molecular complexity index is 1230. The van der Waals surface area contributed by atoms with Crippen LogP contribution in [0.25, 0.3) is 0 Å².